The van der Waals surface area contributed by atoms with Crippen LogP contribution in [0.15, 0.2) is 24.3 Å². The van der Waals surface area contributed by atoms with Crippen LogP contribution in [0.4, 0.5) is 9.52 Å². The van der Waals surface area contributed by atoms with Crippen molar-refractivity contribution < 1.29 is 9.18 Å². The summed E-state index contributed by atoms with van der Waals surface area (Å²) in [6.45, 7) is 7.83. The molecular weight excluding hydrogens is 389 g/mol. The van der Waals surface area contributed by atoms with Crippen molar-refractivity contribution in [3.63, 3.8) is 0 Å². The molecule has 1 saturated heterocycles. The number of hydrogen-bond acceptors (Lipinski definition) is 5. The molecule has 1 N–H and O–H groups in total. The van der Waals surface area contributed by atoms with Gasteiger partial charge in [-0.05, 0) is 49.9 Å². The molecule has 0 spiro atoms. The Morgan fingerprint density at radius 2 is 1.97 bits per heavy atom. The SMILES string of the molecule is Cc1nn(-c2ccc(F)cc2)c2nc(N3CCC(NC(=O)CC(C)C)CC3)sc12. The first-order valence-electron chi connectivity index (χ1n) is 10.1. The number of fused-ring (bicyclic) bond motifs is 1. The van der Waals surface area contributed by atoms with Gasteiger partial charge < -0.3 is 10.2 Å². The number of rotatable bonds is 5. The second kappa shape index (κ2) is 8.10. The summed E-state index contributed by atoms with van der Waals surface area (Å²) >= 11 is 1.64. The molecule has 2 aromatic heterocycles. The molecule has 1 aliphatic rings. The first-order chi connectivity index (χ1) is 13.9. The molecule has 154 valence electrons. The van der Waals surface area contributed by atoms with E-state index in [1.54, 1.807) is 28.2 Å². The van der Waals surface area contributed by atoms with Gasteiger partial charge in [0.1, 0.15) is 5.82 Å². The summed E-state index contributed by atoms with van der Waals surface area (Å²) in [5.74, 6) is 0.256. The predicted molar refractivity (Wildman–Crippen MR) is 114 cm³/mol. The van der Waals surface area contributed by atoms with Gasteiger partial charge in [-0.1, -0.05) is 25.2 Å². The van der Waals surface area contributed by atoms with E-state index in [0.29, 0.717) is 12.3 Å². The van der Waals surface area contributed by atoms with Crippen molar-refractivity contribution in [2.75, 3.05) is 18.0 Å². The fraction of sp³-hybridized carbons (Fsp3) is 0.476. The average molecular weight is 416 g/mol. The fourth-order valence-corrected chi connectivity index (χ4v) is 4.73. The number of aryl methyl sites for hydroxylation is 1. The normalized spacial score (nSPS) is 15.4. The number of thiazole rings is 1. The lowest BCUT2D eigenvalue weighted by molar-refractivity contribution is -0.122. The van der Waals surface area contributed by atoms with Crippen molar-refractivity contribution in [2.24, 2.45) is 5.92 Å². The van der Waals surface area contributed by atoms with E-state index >= 15 is 0 Å². The second-order valence-corrected chi connectivity index (χ2v) is 9.03. The summed E-state index contributed by atoms with van der Waals surface area (Å²) in [5.41, 5.74) is 2.53. The second-order valence-electron chi connectivity index (χ2n) is 8.05. The summed E-state index contributed by atoms with van der Waals surface area (Å²) in [6, 6.07) is 6.54. The zero-order valence-electron chi connectivity index (χ0n) is 17.0. The highest BCUT2D eigenvalue weighted by molar-refractivity contribution is 7.22. The van der Waals surface area contributed by atoms with E-state index in [9.17, 15) is 9.18 Å². The molecule has 0 bridgehead atoms. The van der Waals surface area contributed by atoms with Crippen LogP contribution in [-0.4, -0.2) is 39.8 Å². The highest BCUT2D eigenvalue weighted by Crippen LogP contribution is 2.33. The lowest BCUT2D eigenvalue weighted by atomic mass is 10.0. The number of nitrogens with zero attached hydrogens (tertiary/aromatic N) is 4. The summed E-state index contributed by atoms with van der Waals surface area (Å²) in [4.78, 5) is 19.1. The molecule has 29 heavy (non-hydrogen) atoms. The highest BCUT2D eigenvalue weighted by Gasteiger charge is 2.24. The Kier molecular flexibility index (Phi) is 5.54. The van der Waals surface area contributed by atoms with Crippen molar-refractivity contribution in [2.45, 2.75) is 46.1 Å². The number of amides is 1. The molecule has 4 rings (SSSR count). The summed E-state index contributed by atoms with van der Waals surface area (Å²) in [7, 11) is 0. The van der Waals surface area contributed by atoms with E-state index in [-0.39, 0.29) is 17.8 Å². The van der Waals surface area contributed by atoms with Crippen LogP contribution in [-0.2, 0) is 4.79 Å². The fourth-order valence-electron chi connectivity index (χ4n) is 3.69. The molecule has 1 amide bonds. The van der Waals surface area contributed by atoms with Gasteiger partial charge in [-0.25, -0.2) is 9.07 Å². The van der Waals surface area contributed by atoms with E-state index in [2.05, 4.69) is 29.2 Å². The van der Waals surface area contributed by atoms with Gasteiger partial charge in [0.2, 0.25) is 5.91 Å². The molecule has 0 unspecified atom stereocenters. The van der Waals surface area contributed by atoms with E-state index in [1.165, 1.54) is 12.1 Å². The van der Waals surface area contributed by atoms with Crippen LogP contribution in [0, 0.1) is 18.7 Å². The monoisotopic (exact) mass is 415 g/mol. The standard InChI is InChI=1S/C21H26FN5OS/c1-13(2)12-18(28)23-16-8-10-26(11-9-16)21-24-20-19(29-21)14(3)25-27(20)17-6-4-15(22)5-7-17/h4-7,13,16H,8-12H2,1-3H3,(H,23,28). The van der Waals surface area contributed by atoms with Crippen molar-refractivity contribution in [3.05, 3.63) is 35.8 Å². The van der Waals surface area contributed by atoms with E-state index in [4.69, 9.17) is 4.98 Å². The molecule has 8 heteroatoms. The van der Waals surface area contributed by atoms with E-state index in [0.717, 1.165) is 52.8 Å². The summed E-state index contributed by atoms with van der Waals surface area (Å²) in [5, 5.41) is 8.72. The molecule has 1 aromatic carbocycles. The molecule has 0 aliphatic carbocycles. The molecule has 3 aromatic rings. The van der Waals surface area contributed by atoms with Gasteiger partial charge in [-0.2, -0.15) is 10.1 Å². The Morgan fingerprint density at radius 3 is 2.62 bits per heavy atom. The van der Waals surface area contributed by atoms with Gasteiger partial charge in [-0.15, -0.1) is 0 Å². The number of aromatic nitrogens is 3. The number of carbonyl (C=O) groups excluding carboxylic acids is 1. The van der Waals surface area contributed by atoms with Gasteiger partial charge >= 0.3 is 0 Å². The lowest BCUT2D eigenvalue weighted by Gasteiger charge is -2.32. The number of halogens is 1. The predicted octanol–water partition coefficient (Wildman–Crippen LogP) is 4.06. The van der Waals surface area contributed by atoms with Gasteiger partial charge in [0, 0.05) is 25.6 Å². The largest absolute Gasteiger partial charge is 0.353 e. The van der Waals surface area contributed by atoms with Gasteiger partial charge in [0.25, 0.3) is 0 Å². The maximum atomic E-state index is 13.3. The molecule has 3 heterocycles. The topological polar surface area (TPSA) is 63.1 Å². The van der Waals surface area contributed by atoms with Crippen LogP contribution in [0.1, 0.15) is 38.8 Å². The van der Waals surface area contributed by atoms with Gasteiger partial charge in [-0.3, -0.25) is 4.79 Å². The third-order valence-electron chi connectivity index (χ3n) is 5.17. The molecule has 0 radical (unpaired) electrons. The number of benzene rings is 1. The van der Waals surface area contributed by atoms with Crippen LogP contribution < -0.4 is 10.2 Å². The smallest absolute Gasteiger partial charge is 0.220 e. The molecule has 1 aliphatic heterocycles. The van der Waals surface area contributed by atoms with Crippen LogP contribution >= 0.6 is 11.3 Å². The first kappa shape index (κ1) is 19.8. The number of hydrogen-bond donors (Lipinski definition) is 1. The number of piperidine rings is 1. The van der Waals surface area contributed by atoms with Crippen LogP contribution in [0.5, 0.6) is 0 Å². The van der Waals surface area contributed by atoms with Gasteiger partial charge in [0.15, 0.2) is 10.8 Å². The molecule has 0 atom stereocenters. The number of anilines is 1. The third-order valence-corrected chi connectivity index (χ3v) is 6.39. The first-order valence-corrected chi connectivity index (χ1v) is 10.9. The zero-order chi connectivity index (χ0) is 20.5. The Hall–Kier alpha value is -2.48. The van der Waals surface area contributed by atoms with Crippen LogP contribution in [0.2, 0.25) is 0 Å². The minimum Gasteiger partial charge on any atom is -0.353 e. The molecule has 0 saturated carbocycles. The summed E-state index contributed by atoms with van der Waals surface area (Å²) in [6.07, 6.45) is 2.42. The van der Waals surface area contributed by atoms with E-state index < -0.39 is 0 Å². The Morgan fingerprint density at radius 1 is 1.28 bits per heavy atom. The van der Waals surface area contributed by atoms with Gasteiger partial charge in [0.05, 0.1) is 16.1 Å². The van der Waals surface area contributed by atoms with Crippen molar-refractivity contribution in [1.82, 2.24) is 20.1 Å². The lowest BCUT2D eigenvalue weighted by Crippen LogP contribution is -2.44. The van der Waals surface area contributed by atoms with Crippen molar-refractivity contribution >= 4 is 32.7 Å². The van der Waals surface area contributed by atoms with Crippen molar-refractivity contribution in [3.8, 4) is 5.69 Å². The zero-order valence-corrected chi connectivity index (χ0v) is 17.8. The Bertz CT molecular complexity index is 1000. The molecule has 1 fully saturated rings. The minimum atomic E-state index is -0.267. The quantitative estimate of drug-likeness (QED) is 0.683. The number of carbonyl (C=O) groups is 1. The average Bonchev–Trinajstić information content (AvgIpc) is 3.23. The summed E-state index contributed by atoms with van der Waals surface area (Å²) < 4.78 is 16.1. The maximum Gasteiger partial charge on any atom is 0.220 e. The van der Waals surface area contributed by atoms with Crippen molar-refractivity contribution in [1.29, 1.82) is 0 Å². The van der Waals surface area contributed by atoms with Crippen LogP contribution in [0.3, 0.4) is 0 Å². The third kappa shape index (κ3) is 4.27. The molecular formula is C21H26FN5OS. The minimum absolute atomic E-state index is 0.147. The van der Waals surface area contributed by atoms with Crippen LogP contribution in [0.25, 0.3) is 16.0 Å². The Balaban J connectivity index is 1.48. The maximum absolute atomic E-state index is 13.3. The molecule has 6 nitrogen and oxygen atoms in total. The highest BCUT2D eigenvalue weighted by atomic mass is 32.1. The number of nitrogens with one attached hydrogen (secondary N) is 1. The Labute approximate surface area is 173 Å². The van der Waals surface area contributed by atoms with E-state index in [1.807, 2.05) is 6.92 Å².